The summed E-state index contributed by atoms with van der Waals surface area (Å²) in [6, 6.07) is 1.29. The molecule has 0 saturated carbocycles. The van der Waals surface area contributed by atoms with Gasteiger partial charge in [-0.2, -0.15) is 0 Å². The summed E-state index contributed by atoms with van der Waals surface area (Å²) in [6.45, 7) is 1.06. The lowest BCUT2D eigenvalue weighted by atomic mass is 10.1. The molecule has 0 unspecified atom stereocenters. The van der Waals surface area contributed by atoms with E-state index in [1.807, 2.05) is 0 Å². The maximum Gasteiger partial charge on any atom is 0.263 e. The lowest BCUT2D eigenvalue weighted by Crippen LogP contribution is -1.98. The van der Waals surface area contributed by atoms with Gasteiger partial charge in [0.15, 0.2) is 17.3 Å². The van der Waals surface area contributed by atoms with Crippen molar-refractivity contribution in [2.75, 3.05) is 0 Å². The van der Waals surface area contributed by atoms with E-state index in [1.54, 1.807) is 0 Å². The minimum Gasteiger partial charge on any atom is -0.504 e. The maximum absolute atomic E-state index is 12.8. The molecular formula is C9H7F3O2. The van der Waals surface area contributed by atoms with Crippen molar-refractivity contribution in [2.24, 2.45) is 0 Å². The molecule has 0 aromatic heterocycles. The van der Waals surface area contributed by atoms with Crippen LogP contribution in [0.5, 0.6) is 5.75 Å². The molecule has 0 amide bonds. The van der Waals surface area contributed by atoms with Crippen LogP contribution in [0.2, 0.25) is 0 Å². The zero-order valence-electron chi connectivity index (χ0n) is 7.22. The van der Waals surface area contributed by atoms with E-state index in [-0.39, 0.29) is 0 Å². The first kappa shape index (κ1) is 10.6. The molecule has 1 aromatic rings. The van der Waals surface area contributed by atoms with Gasteiger partial charge in [0, 0.05) is 5.56 Å². The number of hydrogen-bond donors (Lipinski definition) is 1. The van der Waals surface area contributed by atoms with Crippen LogP contribution in [0.4, 0.5) is 13.2 Å². The predicted molar refractivity (Wildman–Crippen MR) is 43.0 cm³/mol. The lowest BCUT2D eigenvalue weighted by Gasteiger charge is -2.05. The van der Waals surface area contributed by atoms with Gasteiger partial charge in [-0.25, -0.2) is 13.2 Å². The molecule has 0 radical (unpaired) electrons. The van der Waals surface area contributed by atoms with E-state index in [0.717, 1.165) is 13.0 Å². The predicted octanol–water partition coefficient (Wildman–Crippen LogP) is 2.67. The zero-order chi connectivity index (χ0) is 10.9. The molecule has 14 heavy (non-hydrogen) atoms. The van der Waals surface area contributed by atoms with Gasteiger partial charge >= 0.3 is 0 Å². The first-order chi connectivity index (χ1) is 6.43. The molecule has 0 aliphatic carbocycles. The van der Waals surface area contributed by atoms with E-state index >= 15 is 0 Å². The van der Waals surface area contributed by atoms with Crippen LogP contribution in [0.3, 0.4) is 0 Å². The number of phenolic OH excluding ortho intramolecular Hbond substituents is 1. The third-order valence-corrected chi connectivity index (χ3v) is 1.72. The molecule has 1 aromatic carbocycles. The Hall–Kier alpha value is -1.52. The number of ketones is 1. The molecular weight excluding hydrogens is 197 g/mol. The Bertz CT molecular complexity index is 375. The Morgan fingerprint density at radius 1 is 1.43 bits per heavy atom. The zero-order valence-corrected chi connectivity index (χ0v) is 7.22. The molecule has 1 N–H and O–H groups in total. The molecule has 2 nitrogen and oxygen atoms in total. The number of carbonyl (C=O) groups is 1. The van der Waals surface area contributed by atoms with E-state index < -0.39 is 34.9 Å². The highest BCUT2D eigenvalue weighted by atomic mass is 19.3. The second-order valence-corrected chi connectivity index (χ2v) is 2.76. The van der Waals surface area contributed by atoms with Gasteiger partial charge < -0.3 is 5.11 Å². The van der Waals surface area contributed by atoms with Crippen LogP contribution in [-0.4, -0.2) is 10.9 Å². The molecule has 0 spiro atoms. The van der Waals surface area contributed by atoms with Crippen molar-refractivity contribution in [3.63, 3.8) is 0 Å². The molecule has 0 aliphatic heterocycles. The van der Waals surface area contributed by atoms with Crippen LogP contribution < -0.4 is 0 Å². The molecule has 0 atom stereocenters. The number of halogens is 3. The van der Waals surface area contributed by atoms with Crippen LogP contribution in [0.1, 0.15) is 29.3 Å². The van der Waals surface area contributed by atoms with Crippen molar-refractivity contribution in [3.05, 3.63) is 29.1 Å². The molecule has 76 valence electrons. The van der Waals surface area contributed by atoms with Gasteiger partial charge in [-0.05, 0) is 19.1 Å². The van der Waals surface area contributed by atoms with Crippen molar-refractivity contribution < 1.29 is 23.1 Å². The molecule has 0 fully saturated rings. The number of Topliss-reactive ketones (excluding diaryl/α,β-unsaturated/α-hetero) is 1. The Balaban J connectivity index is 3.35. The lowest BCUT2D eigenvalue weighted by molar-refractivity contribution is 0.101. The third-order valence-electron chi connectivity index (χ3n) is 1.72. The number of carbonyl (C=O) groups excluding carboxylic acids is 1. The largest absolute Gasteiger partial charge is 0.504 e. The fourth-order valence-corrected chi connectivity index (χ4v) is 1.01. The summed E-state index contributed by atoms with van der Waals surface area (Å²) in [5, 5.41) is 9.03. The van der Waals surface area contributed by atoms with E-state index in [4.69, 9.17) is 5.11 Å². The van der Waals surface area contributed by atoms with Crippen LogP contribution in [0, 0.1) is 5.82 Å². The average Bonchev–Trinajstić information content (AvgIpc) is 2.08. The van der Waals surface area contributed by atoms with Crippen LogP contribution >= 0.6 is 0 Å². The summed E-state index contributed by atoms with van der Waals surface area (Å²) in [4.78, 5) is 10.8. The highest BCUT2D eigenvalue weighted by Crippen LogP contribution is 2.28. The summed E-state index contributed by atoms with van der Waals surface area (Å²) < 4.78 is 37.1. The van der Waals surface area contributed by atoms with Gasteiger partial charge in [0.2, 0.25) is 0 Å². The van der Waals surface area contributed by atoms with Gasteiger partial charge in [0.25, 0.3) is 6.43 Å². The molecule has 0 aliphatic rings. The Labute approximate surface area is 78.0 Å². The number of alkyl halides is 2. The molecule has 5 heteroatoms. The first-order valence-corrected chi connectivity index (χ1v) is 3.75. The molecule has 1 rings (SSSR count). The summed E-state index contributed by atoms with van der Waals surface area (Å²) in [7, 11) is 0. The van der Waals surface area contributed by atoms with E-state index in [0.29, 0.717) is 6.07 Å². The number of hydrogen-bond acceptors (Lipinski definition) is 2. The van der Waals surface area contributed by atoms with Gasteiger partial charge in [0.05, 0.1) is 5.56 Å². The monoisotopic (exact) mass is 204 g/mol. The number of benzene rings is 1. The topological polar surface area (TPSA) is 37.3 Å². The summed E-state index contributed by atoms with van der Waals surface area (Å²) in [5.41, 5.74) is -1.05. The Morgan fingerprint density at radius 2 is 2.00 bits per heavy atom. The number of aromatic hydroxyl groups is 1. The average molecular weight is 204 g/mol. The van der Waals surface area contributed by atoms with Gasteiger partial charge in [0.1, 0.15) is 0 Å². The van der Waals surface area contributed by atoms with Crippen LogP contribution in [-0.2, 0) is 0 Å². The minimum absolute atomic E-state index is 0.430. The van der Waals surface area contributed by atoms with Crippen LogP contribution in [0.15, 0.2) is 12.1 Å². The van der Waals surface area contributed by atoms with E-state index in [1.165, 1.54) is 0 Å². The normalized spacial score (nSPS) is 10.6. The molecule has 0 bridgehead atoms. The maximum atomic E-state index is 12.8. The number of phenols is 1. The van der Waals surface area contributed by atoms with Crippen molar-refractivity contribution >= 4 is 5.78 Å². The second kappa shape index (κ2) is 3.69. The summed E-state index contributed by atoms with van der Waals surface area (Å²) in [5.74, 6) is -2.76. The van der Waals surface area contributed by atoms with Crippen molar-refractivity contribution in [1.82, 2.24) is 0 Å². The third kappa shape index (κ3) is 1.86. The highest BCUT2D eigenvalue weighted by molar-refractivity contribution is 5.96. The van der Waals surface area contributed by atoms with Crippen molar-refractivity contribution in [1.29, 1.82) is 0 Å². The van der Waals surface area contributed by atoms with Crippen LogP contribution in [0.25, 0.3) is 0 Å². The smallest absolute Gasteiger partial charge is 0.263 e. The van der Waals surface area contributed by atoms with Gasteiger partial charge in [-0.1, -0.05) is 0 Å². The summed E-state index contributed by atoms with van der Waals surface area (Å²) >= 11 is 0. The molecule has 0 saturated heterocycles. The van der Waals surface area contributed by atoms with Gasteiger partial charge in [-0.15, -0.1) is 0 Å². The fourth-order valence-electron chi connectivity index (χ4n) is 1.01. The Morgan fingerprint density at radius 3 is 2.43 bits per heavy atom. The van der Waals surface area contributed by atoms with E-state index in [9.17, 15) is 18.0 Å². The van der Waals surface area contributed by atoms with E-state index in [2.05, 4.69) is 0 Å². The minimum atomic E-state index is -2.87. The highest BCUT2D eigenvalue weighted by Gasteiger charge is 2.17. The summed E-state index contributed by atoms with van der Waals surface area (Å²) in [6.07, 6.45) is -2.87. The Kier molecular flexibility index (Phi) is 2.78. The van der Waals surface area contributed by atoms with Crippen molar-refractivity contribution in [3.8, 4) is 5.75 Å². The quantitative estimate of drug-likeness (QED) is 0.752. The second-order valence-electron chi connectivity index (χ2n) is 2.76. The SMILES string of the molecule is CC(=O)c1cc(C(F)F)cc(F)c1O. The van der Waals surface area contributed by atoms with Crippen molar-refractivity contribution in [2.45, 2.75) is 13.3 Å². The molecule has 0 heterocycles. The standard InChI is InChI=1S/C9H7F3O2/c1-4(13)6-2-5(9(11)12)3-7(10)8(6)14/h2-3,9,14H,1H3. The first-order valence-electron chi connectivity index (χ1n) is 3.75. The fraction of sp³-hybridized carbons (Fsp3) is 0.222. The number of rotatable bonds is 2. The van der Waals surface area contributed by atoms with Gasteiger partial charge in [-0.3, -0.25) is 4.79 Å².